The molecule has 3 aromatic rings. The summed E-state index contributed by atoms with van der Waals surface area (Å²) >= 11 is 0. The van der Waals surface area contributed by atoms with E-state index < -0.39 is 11.7 Å². The van der Waals surface area contributed by atoms with Crippen LogP contribution >= 0.6 is 0 Å². The van der Waals surface area contributed by atoms with Crippen LogP contribution in [0.25, 0.3) is 5.69 Å². The van der Waals surface area contributed by atoms with Gasteiger partial charge < -0.3 is 15.2 Å². The highest BCUT2D eigenvalue weighted by molar-refractivity contribution is 5.95. The Labute approximate surface area is 149 Å². The summed E-state index contributed by atoms with van der Waals surface area (Å²) in [6.45, 7) is 0.761. The van der Waals surface area contributed by atoms with Gasteiger partial charge in [-0.2, -0.15) is 0 Å². The van der Waals surface area contributed by atoms with Crippen molar-refractivity contribution in [3.63, 3.8) is 0 Å². The molecule has 26 heavy (non-hydrogen) atoms. The first-order valence-electron chi connectivity index (χ1n) is 8.22. The highest BCUT2D eigenvalue weighted by Gasteiger charge is 2.36. The van der Waals surface area contributed by atoms with Gasteiger partial charge in [-0.1, -0.05) is 5.21 Å². The largest absolute Gasteiger partial charge is 0.340 e. The minimum Gasteiger partial charge on any atom is -0.340 e. The lowest BCUT2D eigenvalue weighted by atomic mass is 10.0. The molecular formula is C17H18FN7O. The molecule has 1 aliphatic rings. The molecule has 9 heteroatoms. The number of carbonyl (C=O) groups excluding carboxylic acids is 1. The fourth-order valence-electron chi connectivity index (χ4n) is 3.27. The Bertz CT molecular complexity index is 937. The van der Waals surface area contributed by atoms with Crippen LogP contribution in [0.5, 0.6) is 0 Å². The molecule has 1 fully saturated rings. The first kappa shape index (κ1) is 16.4. The van der Waals surface area contributed by atoms with Crippen LogP contribution in [0.3, 0.4) is 0 Å². The third-order valence-electron chi connectivity index (χ3n) is 4.62. The van der Waals surface area contributed by atoms with Crippen molar-refractivity contribution >= 4 is 5.91 Å². The zero-order valence-corrected chi connectivity index (χ0v) is 14.2. The molecule has 0 bridgehead atoms. The van der Waals surface area contributed by atoms with Gasteiger partial charge in [-0.15, -0.1) is 5.10 Å². The monoisotopic (exact) mass is 355 g/mol. The molecule has 0 radical (unpaired) electrons. The van der Waals surface area contributed by atoms with E-state index in [9.17, 15) is 9.18 Å². The number of aromatic nitrogens is 5. The molecule has 2 atom stereocenters. The molecule has 0 unspecified atom stereocenters. The predicted molar refractivity (Wildman–Crippen MR) is 91.1 cm³/mol. The van der Waals surface area contributed by atoms with Gasteiger partial charge in [-0.3, -0.25) is 4.79 Å². The molecule has 0 saturated carbocycles. The lowest BCUT2D eigenvalue weighted by Gasteiger charge is -2.17. The van der Waals surface area contributed by atoms with Gasteiger partial charge in [0.2, 0.25) is 0 Å². The first-order chi connectivity index (χ1) is 12.5. The Morgan fingerprint density at radius 3 is 2.88 bits per heavy atom. The van der Waals surface area contributed by atoms with E-state index in [1.54, 1.807) is 23.5 Å². The van der Waals surface area contributed by atoms with E-state index in [2.05, 4.69) is 15.3 Å². The van der Waals surface area contributed by atoms with Gasteiger partial charge in [0, 0.05) is 38.3 Å². The van der Waals surface area contributed by atoms with Crippen LogP contribution in [-0.2, 0) is 7.05 Å². The normalized spacial score (nSPS) is 19.9. The van der Waals surface area contributed by atoms with Gasteiger partial charge in [0.25, 0.3) is 5.91 Å². The van der Waals surface area contributed by atoms with E-state index in [-0.39, 0.29) is 17.5 Å². The quantitative estimate of drug-likeness (QED) is 0.746. The maximum Gasteiger partial charge on any atom is 0.256 e. The van der Waals surface area contributed by atoms with Gasteiger partial charge >= 0.3 is 0 Å². The zero-order chi connectivity index (χ0) is 18.3. The van der Waals surface area contributed by atoms with E-state index in [1.165, 1.54) is 23.0 Å². The van der Waals surface area contributed by atoms with E-state index in [0.29, 0.717) is 18.8 Å². The first-order valence-corrected chi connectivity index (χ1v) is 8.22. The van der Waals surface area contributed by atoms with E-state index in [0.717, 1.165) is 5.69 Å². The molecule has 8 nitrogen and oxygen atoms in total. The van der Waals surface area contributed by atoms with Gasteiger partial charge in [0.15, 0.2) is 0 Å². The van der Waals surface area contributed by atoms with Crippen molar-refractivity contribution < 1.29 is 9.18 Å². The molecule has 4 rings (SSSR count). The summed E-state index contributed by atoms with van der Waals surface area (Å²) < 4.78 is 17.6. The number of carbonyl (C=O) groups is 1. The van der Waals surface area contributed by atoms with Crippen molar-refractivity contribution in [1.29, 1.82) is 0 Å². The van der Waals surface area contributed by atoms with Crippen molar-refractivity contribution in [3.05, 3.63) is 60.2 Å². The van der Waals surface area contributed by atoms with Crippen LogP contribution in [0.1, 0.15) is 22.0 Å². The summed E-state index contributed by atoms with van der Waals surface area (Å²) in [6.07, 6.45) is 6.74. The number of imidazole rings is 1. The topological polar surface area (TPSA) is 94.9 Å². The number of likely N-dealkylation sites (tertiary alicyclic amines) is 1. The minimum atomic E-state index is -0.575. The zero-order valence-electron chi connectivity index (χ0n) is 14.2. The highest BCUT2D eigenvalue weighted by Crippen LogP contribution is 2.27. The summed E-state index contributed by atoms with van der Waals surface area (Å²) in [5.41, 5.74) is 7.61. The Kier molecular flexibility index (Phi) is 4.00. The summed E-state index contributed by atoms with van der Waals surface area (Å²) in [5, 5.41) is 7.60. The number of halogens is 1. The van der Waals surface area contributed by atoms with Crippen LogP contribution in [0.15, 0.2) is 43.1 Å². The standard InChI is InChI=1S/C17H18FN7O/c1-23-9-16(20-10-23)13-7-24(8-15(13)19)17(26)12-6-11(2-3-14(12)18)25-5-4-21-22-25/h2-6,9-10,13,15H,7-8,19H2,1H3/t13-,15-/m1/s1. The Morgan fingerprint density at radius 1 is 1.35 bits per heavy atom. The highest BCUT2D eigenvalue weighted by atomic mass is 19.1. The summed E-state index contributed by atoms with van der Waals surface area (Å²) in [4.78, 5) is 18.8. The van der Waals surface area contributed by atoms with Crippen LogP contribution in [0, 0.1) is 5.82 Å². The molecule has 1 amide bonds. The van der Waals surface area contributed by atoms with Gasteiger partial charge in [0.1, 0.15) is 5.82 Å². The molecule has 1 aliphatic heterocycles. The lowest BCUT2D eigenvalue weighted by molar-refractivity contribution is 0.0784. The average molecular weight is 355 g/mol. The number of nitrogens with two attached hydrogens (primary N) is 1. The molecule has 1 saturated heterocycles. The van der Waals surface area contributed by atoms with Gasteiger partial charge in [0.05, 0.1) is 35.7 Å². The second-order valence-electron chi connectivity index (χ2n) is 6.46. The Balaban J connectivity index is 1.59. The maximum atomic E-state index is 14.3. The Morgan fingerprint density at radius 2 is 2.19 bits per heavy atom. The van der Waals surface area contributed by atoms with Crippen molar-refractivity contribution in [2.24, 2.45) is 12.8 Å². The summed E-state index contributed by atoms with van der Waals surface area (Å²) in [5.74, 6) is -1.03. The molecular weight excluding hydrogens is 337 g/mol. The fraction of sp³-hybridized carbons (Fsp3) is 0.294. The summed E-state index contributed by atoms with van der Waals surface area (Å²) in [6, 6.07) is 4.05. The van der Waals surface area contributed by atoms with Crippen LogP contribution < -0.4 is 5.73 Å². The van der Waals surface area contributed by atoms with E-state index >= 15 is 0 Å². The van der Waals surface area contributed by atoms with Crippen molar-refractivity contribution in [3.8, 4) is 5.69 Å². The van der Waals surface area contributed by atoms with Crippen LogP contribution in [0.2, 0.25) is 0 Å². The number of nitrogens with zero attached hydrogens (tertiary/aromatic N) is 6. The third kappa shape index (κ3) is 2.86. The number of hydrogen-bond acceptors (Lipinski definition) is 5. The van der Waals surface area contributed by atoms with Gasteiger partial charge in [-0.05, 0) is 18.2 Å². The number of hydrogen-bond donors (Lipinski definition) is 1. The maximum absolute atomic E-state index is 14.3. The lowest BCUT2D eigenvalue weighted by Crippen LogP contribution is -2.32. The molecule has 3 heterocycles. The SMILES string of the molecule is Cn1cnc([C@@H]2CN(C(=O)c3cc(-n4ccnn4)ccc3F)C[C@H]2N)c1. The molecule has 2 aromatic heterocycles. The van der Waals surface area contributed by atoms with Crippen molar-refractivity contribution in [1.82, 2.24) is 29.4 Å². The number of amides is 1. The number of benzene rings is 1. The van der Waals surface area contributed by atoms with E-state index in [1.807, 2.05) is 17.8 Å². The molecule has 134 valence electrons. The Hall–Kier alpha value is -3.07. The van der Waals surface area contributed by atoms with Crippen molar-refractivity contribution in [2.45, 2.75) is 12.0 Å². The third-order valence-corrected chi connectivity index (χ3v) is 4.62. The second-order valence-corrected chi connectivity index (χ2v) is 6.46. The predicted octanol–water partition coefficient (Wildman–Crippen LogP) is 0.707. The number of aryl methyl sites for hydroxylation is 1. The fourth-order valence-corrected chi connectivity index (χ4v) is 3.27. The average Bonchev–Trinajstić information content (AvgIpc) is 3.35. The second kappa shape index (κ2) is 6.34. The minimum absolute atomic E-state index is 0.00753. The van der Waals surface area contributed by atoms with E-state index in [4.69, 9.17) is 5.73 Å². The summed E-state index contributed by atoms with van der Waals surface area (Å²) in [7, 11) is 1.88. The molecule has 0 spiro atoms. The van der Waals surface area contributed by atoms with Crippen molar-refractivity contribution in [2.75, 3.05) is 13.1 Å². The molecule has 1 aromatic carbocycles. The van der Waals surface area contributed by atoms with Crippen LogP contribution in [-0.4, -0.2) is 54.5 Å². The smallest absolute Gasteiger partial charge is 0.256 e. The number of rotatable bonds is 3. The molecule has 0 aliphatic carbocycles. The van der Waals surface area contributed by atoms with Gasteiger partial charge in [-0.25, -0.2) is 14.1 Å². The van der Waals surface area contributed by atoms with Crippen LogP contribution in [0.4, 0.5) is 4.39 Å². The molecule has 2 N–H and O–H groups in total.